The predicted molar refractivity (Wildman–Crippen MR) is 78.4 cm³/mol. The molecule has 0 bridgehead atoms. The molecule has 98 valence electrons. The maximum atomic E-state index is 4.64. The molecule has 0 amide bonds. The van der Waals surface area contributed by atoms with Gasteiger partial charge in [0, 0.05) is 29.4 Å². The summed E-state index contributed by atoms with van der Waals surface area (Å²) >= 11 is 1.88. The lowest BCUT2D eigenvalue weighted by atomic mass is 9.96. The number of piperidine rings is 1. The topological polar surface area (TPSA) is 29.9 Å². The first-order valence-corrected chi connectivity index (χ1v) is 7.82. The lowest BCUT2D eigenvalue weighted by Gasteiger charge is -2.19. The summed E-state index contributed by atoms with van der Waals surface area (Å²) in [5, 5.41) is 5.67. The van der Waals surface area contributed by atoms with Crippen molar-refractivity contribution in [3.63, 3.8) is 0 Å². The zero-order valence-corrected chi connectivity index (χ0v) is 11.7. The van der Waals surface area contributed by atoms with E-state index in [9.17, 15) is 0 Å². The van der Waals surface area contributed by atoms with Crippen molar-refractivity contribution in [1.29, 1.82) is 0 Å². The number of rotatable bonds is 0. The van der Waals surface area contributed by atoms with Crippen molar-refractivity contribution in [3.8, 4) is 0 Å². The Morgan fingerprint density at radius 2 is 2.11 bits per heavy atom. The summed E-state index contributed by atoms with van der Waals surface area (Å²) in [5.74, 6) is 1.18. The molecule has 2 aliphatic heterocycles. The molecule has 2 aliphatic rings. The van der Waals surface area contributed by atoms with Crippen LogP contribution in [0.2, 0.25) is 0 Å². The first kappa shape index (κ1) is 11.4. The number of nitrogens with one attached hydrogen (secondary N) is 1. The maximum Gasteiger partial charge on any atom is 0.141 e. The molecule has 1 fully saturated rings. The quantitative estimate of drug-likeness (QED) is 0.798. The van der Waals surface area contributed by atoms with Crippen LogP contribution in [0.3, 0.4) is 0 Å². The van der Waals surface area contributed by atoms with Crippen molar-refractivity contribution in [2.45, 2.75) is 25.8 Å². The largest absolute Gasteiger partial charge is 0.331 e. The van der Waals surface area contributed by atoms with E-state index in [0.717, 1.165) is 38.9 Å². The Bertz CT molecular complexity index is 583. The number of fused-ring (bicyclic) bond motifs is 2. The van der Waals surface area contributed by atoms with Crippen molar-refractivity contribution >= 4 is 16.9 Å². The van der Waals surface area contributed by atoms with Crippen LogP contribution in [0, 0.1) is 0 Å². The number of thiophene rings is 1. The average molecular weight is 271 g/mol. The molecule has 4 heteroatoms. The zero-order chi connectivity index (χ0) is 12.7. The van der Waals surface area contributed by atoms with E-state index in [-0.39, 0.29) is 0 Å². The van der Waals surface area contributed by atoms with Crippen LogP contribution in [-0.2, 0) is 13.0 Å². The highest BCUT2D eigenvalue weighted by Crippen LogP contribution is 2.37. The van der Waals surface area contributed by atoms with Gasteiger partial charge in [-0.05, 0) is 49.4 Å². The fraction of sp³-hybridized carbons (Fsp3) is 0.400. The summed E-state index contributed by atoms with van der Waals surface area (Å²) in [5.41, 5.74) is 4.50. The van der Waals surface area contributed by atoms with Gasteiger partial charge in [0.1, 0.15) is 5.82 Å². The van der Waals surface area contributed by atoms with Gasteiger partial charge in [0.15, 0.2) is 0 Å². The van der Waals surface area contributed by atoms with Crippen molar-refractivity contribution < 1.29 is 0 Å². The fourth-order valence-corrected chi connectivity index (χ4v) is 4.15. The number of hydrogen-bond donors (Lipinski definition) is 1. The number of aryl methyl sites for hydroxylation is 2. The maximum absolute atomic E-state index is 4.64. The van der Waals surface area contributed by atoms with Gasteiger partial charge >= 0.3 is 0 Å². The van der Waals surface area contributed by atoms with Gasteiger partial charge in [0.05, 0.1) is 0 Å². The Morgan fingerprint density at radius 1 is 1.21 bits per heavy atom. The number of aromatic nitrogens is 2. The summed E-state index contributed by atoms with van der Waals surface area (Å²) in [4.78, 5) is 6.10. The van der Waals surface area contributed by atoms with Crippen LogP contribution in [0.4, 0.5) is 0 Å². The Balaban J connectivity index is 1.95. The van der Waals surface area contributed by atoms with Crippen molar-refractivity contribution in [2.24, 2.45) is 0 Å². The molecule has 0 saturated carbocycles. The zero-order valence-electron chi connectivity index (χ0n) is 10.9. The van der Waals surface area contributed by atoms with E-state index >= 15 is 0 Å². The second-order valence-electron chi connectivity index (χ2n) is 5.20. The molecule has 1 saturated heterocycles. The van der Waals surface area contributed by atoms with E-state index in [1.165, 1.54) is 21.8 Å². The highest BCUT2D eigenvalue weighted by Gasteiger charge is 2.24. The Kier molecular flexibility index (Phi) is 2.78. The van der Waals surface area contributed by atoms with Gasteiger partial charge in [0.25, 0.3) is 0 Å². The number of hydrogen-bond acceptors (Lipinski definition) is 3. The lowest BCUT2D eigenvalue weighted by Crippen LogP contribution is -2.24. The molecular formula is C15H17N3S. The summed E-state index contributed by atoms with van der Waals surface area (Å²) in [6.07, 6.45) is 7.49. The minimum atomic E-state index is 1.05. The molecule has 2 aromatic rings. The van der Waals surface area contributed by atoms with Crippen LogP contribution in [0.5, 0.6) is 0 Å². The average Bonchev–Trinajstić information content (AvgIpc) is 3.07. The van der Waals surface area contributed by atoms with Crippen molar-refractivity contribution in [3.05, 3.63) is 45.7 Å². The Labute approximate surface area is 117 Å². The van der Waals surface area contributed by atoms with E-state index in [1.807, 2.05) is 17.5 Å². The molecule has 0 atom stereocenters. The third-order valence-electron chi connectivity index (χ3n) is 4.10. The van der Waals surface area contributed by atoms with Gasteiger partial charge in [-0.3, -0.25) is 0 Å². The molecule has 2 aromatic heterocycles. The third kappa shape index (κ3) is 1.86. The molecule has 0 spiro atoms. The van der Waals surface area contributed by atoms with Crippen LogP contribution < -0.4 is 5.32 Å². The standard InChI is InChI=1S/C15H17N3S/c1-5-16-6-2-11(1)13-14-12(4-10-19-14)3-8-18-9-7-17-15(13)18/h4,7,9-10,16H,1-3,5-6,8H2. The van der Waals surface area contributed by atoms with Crippen LogP contribution >= 0.6 is 11.3 Å². The molecule has 0 radical (unpaired) electrons. The SMILES string of the molecule is c1cn2c(n1)C(=C1CCNCC1)c1sccc1CC2. The minimum Gasteiger partial charge on any atom is -0.331 e. The lowest BCUT2D eigenvalue weighted by molar-refractivity contribution is 0.610. The second-order valence-corrected chi connectivity index (χ2v) is 6.11. The minimum absolute atomic E-state index is 1.05. The van der Waals surface area contributed by atoms with Gasteiger partial charge < -0.3 is 9.88 Å². The molecule has 4 heterocycles. The number of imidazole rings is 1. The van der Waals surface area contributed by atoms with Crippen LogP contribution in [0.25, 0.3) is 5.57 Å². The first-order chi connectivity index (χ1) is 9.43. The molecule has 0 unspecified atom stereocenters. The summed E-state index contributed by atoms with van der Waals surface area (Å²) < 4.78 is 2.32. The van der Waals surface area contributed by atoms with Crippen LogP contribution in [0.15, 0.2) is 29.4 Å². The summed E-state index contributed by atoms with van der Waals surface area (Å²) in [6, 6.07) is 2.29. The second kappa shape index (κ2) is 4.62. The molecule has 3 nitrogen and oxygen atoms in total. The first-order valence-electron chi connectivity index (χ1n) is 6.94. The molecule has 1 N–H and O–H groups in total. The normalized spacial score (nSPS) is 18.9. The van der Waals surface area contributed by atoms with E-state index in [0.29, 0.717) is 0 Å². The van der Waals surface area contributed by atoms with Crippen LogP contribution in [0.1, 0.15) is 29.1 Å². The van der Waals surface area contributed by atoms with Gasteiger partial charge in [-0.1, -0.05) is 5.57 Å². The summed E-state index contributed by atoms with van der Waals surface area (Å²) in [7, 11) is 0. The van der Waals surface area contributed by atoms with E-state index in [1.54, 1.807) is 5.57 Å². The molecule has 19 heavy (non-hydrogen) atoms. The highest BCUT2D eigenvalue weighted by molar-refractivity contribution is 7.11. The number of nitrogens with zero attached hydrogens (tertiary/aromatic N) is 2. The Morgan fingerprint density at radius 3 is 3.00 bits per heavy atom. The Hall–Kier alpha value is -1.39. The third-order valence-corrected chi connectivity index (χ3v) is 5.07. The van der Waals surface area contributed by atoms with Crippen molar-refractivity contribution in [2.75, 3.05) is 13.1 Å². The molecular weight excluding hydrogens is 254 g/mol. The monoisotopic (exact) mass is 271 g/mol. The van der Waals surface area contributed by atoms with Gasteiger partial charge in [0.2, 0.25) is 0 Å². The van der Waals surface area contributed by atoms with Crippen LogP contribution in [-0.4, -0.2) is 22.6 Å². The van der Waals surface area contributed by atoms with E-state index < -0.39 is 0 Å². The van der Waals surface area contributed by atoms with E-state index in [2.05, 4.69) is 32.5 Å². The van der Waals surface area contributed by atoms with Gasteiger partial charge in [-0.25, -0.2) is 4.98 Å². The fourth-order valence-electron chi connectivity index (χ4n) is 3.11. The molecule has 0 aliphatic carbocycles. The smallest absolute Gasteiger partial charge is 0.141 e. The van der Waals surface area contributed by atoms with Gasteiger partial charge in [-0.2, -0.15) is 0 Å². The van der Waals surface area contributed by atoms with E-state index in [4.69, 9.17) is 0 Å². The van der Waals surface area contributed by atoms with Crippen molar-refractivity contribution in [1.82, 2.24) is 14.9 Å². The van der Waals surface area contributed by atoms with Gasteiger partial charge in [-0.15, -0.1) is 11.3 Å². The summed E-state index contributed by atoms with van der Waals surface area (Å²) in [6.45, 7) is 3.24. The molecule has 0 aromatic carbocycles. The predicted octanol–water partition coefficient (Wildman–Crippen LogP) is 2.69. The molecule has 4 rings (SSSR count). The highest BCUT2D eigenvalue weighted by atomic mass is 32.1.